The Kier molecular flexibility index (Phi) is 3.32. The first-order valence-corrected chi connectivity index (χ1v) is 6.85. The first kappa shape index (κ1) is 13.3. The van der Waals surface area contributed by atoms with E-state index < -0.39 is 5.60 Å². The molecule has 2 nitrogen and oxygen atoms in total. The van der Waals surface area contributed by atoms with Crippen molar-refractivity contribution in [3.63, 3.8) is 0 Å². The van der Waals surface area contributed by atoms with Gasteiger partial charge in [0.2, 0.25) is 0 Å². The van der Waals surface area contributed by atoms with Gasteiger partial charge in [-0.05, 0) is 29.7 Å². The summed E-state index contributed by atoms with van der Waals surface area (Å²) in [5.74, 6) is -0.265. The number of halogens is 1. The van der Waals surface area contributed by atoms with Gasteiger partial charge in [0.25, 0.3) is 0 Å². The fourth-order valence-electron chi connectivity index (χ4n) is 2.98. The van der Waals surface area contributed by atoms with Gasteiger partial charge in [0, 0.05) is 13.0 Å². The molecule has 0 amide bonds. The Morgan fingerprint density at radius 3 is 2.70 bits per heavy atom. The first-order valence-electron chi connectivity index (χ1n) is 6.85. The van der Waals surface area contributed by atoms with Crippen LogP contribution in [0, 0.1) is 5.82 Å². The number of fused-ring (bicyclic) bond motifs is 1. The van der Waals surface area contributed by atoms with Gasteiger partial charge in [0.05, 0.1) is 11.6 Å². The van der Waals surface area contributed by atoms with Crippen LogP contribution in [0.4, 0.5) is 4.39 Å². The van der Waals surface area contributed by atoms with E-state index in [0.29, 0.717) is 5.56 Å². The number of nitrogens with one attached hydrogen (secondary N) is 1. The molecule has 20 heavy (non-hydrogen) atoms. The number of benzene rings is 2. The van der Waals surface area contributed by atoms with E-state index in [1.54, 1.807) is 25.1 Å². The number of hydrogen-bond acceptors (Lipinski definition) is 2. The van der Waals surface area contributed by atoms with E-state index in [0.717, 1.165) is 12.1 Å². The lowest BCUT2D eigenvalue weighted by Crippen LogP contribution is -2.40. The summed E-state index contributed by atoms with van der Waals surface area (Å²) >= 11 is 0. The smallest absolute Gasteiger partial charge is 0.126 e. The highest BCUT2D eigenvalue weighted by Gasteiger charge is 2.37. The summed E-state index contributed by atoms with van der Waals surface area (Å²) < 4.78 is 13.8. The average molecular weight is 271 g/mol. The molecule has 2 N–H and O–H groups in total. The van der Waals surface area contributed by atoms with Crippen molar-refractivity contribution in [3.05, 3.63) is 71.0 Å². The van der Waals surface area contributed by atoms with Crippen molar-refractivity contribution in [2.45, 2.75) is 31.5 Å². The van der Waals surface area contributed by atoms with Crippen molar-refractivity contribution in [1.29, 1.82) is 0 Å². The van der Waals surface area contributed by atoms with Gasteiger partial charge in [-0.15, -0.1) is 0 Å². The van der Waals surface area contributed by atoms with E-state index in [9.17, 15) is 9.50 Å². The molecule has 1 aliphatic heterocycles. The van der Waals surface area contributed by atoms with Gasteiger partial charge in [-0.2, -0.15) is 0 Å². The maximum atomic E-state index is 13.8. The molecule has 0 bridgehead atoms. The van der Waals surface area contributed by atoms with Crippen LogP contribution in [0.25, 0.3) is 0 Å². The molecule has 2 aromatic rings. The maximum Gasteiger partial charge on any atom is 0.126 e. The first-order chi connectivity index (χ1) is 9.58. The molecule has 3 heteroatoms. The van der Waals surface area contributed by atoms with Crippen LogP contribution in [0.1, 0.15) is 29.7 Å². The minimum Gasteiger partial charge on any atom is -0.388 e. The zero-order chi connectivity index (χ0) is 14.2. The van der Waals surface area contributed by atoms with Gasteiger partial charge in [-0.25, -0.2) is 4.39 Å². The van der Waals surface area contributed by atoms with Gasteiger partial charge in [-0.3, -0.25) is 0 Å². The van der Waals surface area contributed by atoms with Gasteiger partial charge in [-0.1, -0.05) is 42.5 Å². The molecule has 2 aromatic carbocycles. The Labute approximate surface area is 118 Å². The summed E-state index contributed by atoms with van der Waals surface area (Å²) in [6.07, 6.45) is 0.283. The molecule has 0 spiro atoms. The Bertz CT molecular complexity index is 624. The van der Waals surface area contributed by atoms with Crippen molar-refractivity contribution in [3.8, 4) is 0 Å². The minimum absolute atomic E-state index is 0.168. The molecule has 0 aromatic heterocycles. The molecular formula is C17H18FNO. The molecule has 1 aliphatic rings. The van der Waals surface area contributed by atoms with Crippen LogP contribution in [0.15, 0.2) is 48.5 Å². The maximum absolute atomic E-state index is 13.8. The molecule has 3 rings (SSSR count). The third-order valence-corrected chi connectivity index (χ3v) is 3.99. The summed E-state index contributed by atoms with van der Waals surface area (Å²) in [4.78, 5) is 0. The van der Waals surface area contributed by atoms with Gasteiger partial charge in [0.1, 0.15) is 5.82 Å². The van der Waals surface area contributed by atoms with Crippen LogP contribution in [0.2, 0.25) is 0 Å². The fourth-order valence-corrected chi connectivity index (χ4v) is 2.98. The highest BCUT2D eigenvalue weighted by molar-refractivity contribution is 5.36. The van der Waals surface area contributed by atoms with E-state index in [-0.39, 0.29) is 18.3 Å². The summed E-state index contributed by atoms with van der Waals surface area (Å²) in [5.41, 5.74) is 1.82. The van der Waals surface area contributed by atoms with E-state index >= 15 is 0 Å². The molecule has 0 radical (unpaired) electrons. The van der Waals surface area contributed by atoms with Crippen molar-refractivity contribution >= 4 is 0 Å². The third kappa shape index (κ3) is 2.35. The Balaban J connectivity index is 1.88. The van der Waals surface area contributed by atoms with Crippen molar-refractivity contribution < 1.29 is 9.50 Å². The lowest BCUT2D eigenvalue weighted by atomic mass is 9.85. The predicted octanol–water partition coefficient (Wildman–Crippen LogP) is 2.96. The van der Waals surface area contributed by atoms with Crippen molar-refractivity contribution in [2.75, 3.05) is 0 Å². The second-order valence-electron chi connectivity index (χ2n) is 5.64. The summed E-state index contributed by atoms with van der Waals surface area (Å²) in [5, 5.41) is 14.1. The predicted molar refractivity (Wildman–Crippen MR) is 76.8 cm³/mol. The van der Waals surface area contributed by atoms with Crippen molar-refractivity contribution in [2.24, 2.45) is 0 Å². The SMILES string of the molecule is CC(O)(Cc1ccccc1F)C1NCc2ccccc21. The molecular weight excluding hydrogens is 253 g/mol. The zero-order valence-corrected chi connectivity index (χ0v) is 11.4. The van der Waals surface area contributed by atoms with Crippen LogP contribution in [0.3, 0.4) is 0 Å². The number of rotatable bonds is 3. The lowest BCUT2D eigenvalue weighted by molar-refractivity contribution is 0.0215. The number of aliphatic hydroxyl groups is 1. The lowest BCUT2D eigenvalue weighted by Gasteiger charge is -2.31. The molecule has 104 valence electrons. The largest absolute Gasteiger partial charge is 0.388 e. The molecule has 0 saturated heterocycles. The summed E-state index contributed by atoms with van der Waals surface area (Å²) in [7, 11) is 0. The third-order valence-electron chi connectivity index (χ3n) is 3.99. The quantitative estimate of drug-likeness (QED) is 0.899. The van der Waals surface area contributed by atoms with Gasteiger partial charge >= 0.3 is 0 Å². The Morgan fingerprint density at radius 2 is 1.90 bits per heavy atom. The Morgan fingerprint density at radius 1 is 1.20 bits per heavy atom. The second-order valence-corrected chi connectivity index (χ2v) is 5.64. The van der Waals surface area contributed by atoms with Crippen LogP contribution in [-0.2, 0) is 13.0 Å². The summed E-state index contributed by atoms with van der Waals surface area (Å²) in [6, 6.07) is 14.5. The summed E-state index contributed by atoms with van der Waals surface area (Å²) in [6.45, 7) is 2.51. The van der Waals surface area contributed by atoms with Crippen LogP contribution in [0.5, 0.6) is 0 Å². The Hall–Kier alpha value is -1.71. The molecule has 1 heterocycles. The van der Waals surface area contributed by atoms with Gasteiger partial charge < -0.3 is 10.4 Å². The molecule has 2 unspecified atom stereocenters. The number of hydrogen-bond donors (Lipinski definition) is 2. The van der Waals surface area contributed by atoms with Crippen molar-refractivity contribution in [1.82, 2.24) is 5.32 Å². The zero-order valence-electron chi connectivity index (χ0n) is 11.4. The highest BCUT2D eigenvalue weighted by atomic mass is 19.1. The highest BCUT2D eigenvalue weighted by Crippen LogP contribution is 2.35. The molecule has 0 fully saturated rings. The standard InChI is InChI=1S/C17H18FNO/c1-17(20,10-12-6-3-5-9-15(12)18)16-14-8-4-2-7-13(14)11-19-16/h2-9,16,19-20H,10-11H2,1H3. The van der Waals surface area contributed by atoms with E-state index in [1.807, 2.05) is 18.2 Å². The van der Waals surface area contributed by atoms with Gasteiger partial charge in [0.15, 0.2) is 0 Å². The molecule has 2 atom stereocenters. The van der Waals surface area contributed by atoms with Crippen LogP contribution in [-0.4, -0.2) is 10.7 Å². The van der Waals surface area contributed by atoms with Crippen LogP contribution >= 0.6 is 0 Å². The monoisotopic (exact) mass is 271 g/mol. The van der Waals surface area contributed by atoms with E-state index in [2.05, 4.69) is 11.4 Å². The van der Waals surface area contributed by atoms with E-state index in [4.69, 9.17) is 0 Å². The second kappa shape index (κ2) is 5.00. The minimum atomic E-state index is -1.03. The fraction of sp³-hybridized carbons (Fsp3) is 0.294. The molecule has 0 aliphatic carbocycles. The topological polar surface area (TPSA) is 32.3 Å². The molecule has 0 saturated carbocycles. The van der Waals surface area contributed by atoms with E-state index in [1.165, 1.54) is 11.6 Å². The van der Waals surface area contributed by atoms with Crippen LogP contribution < -0.4 is 5.32 Å². The average Bonchev–Trinajstić information content (AvgIpc) is 2.86. The normalized spacial score (nSPS) is 20.4.